The first-order valence-corrected chi connectivity index (χ1v) is 6.32. The zero-order chi connectivity index (χ0) is 11.5. The van der Waals surface area contributed by atoms with E-state index in [2.05, 4.69) is 36.9 Å². The maximum absolute atomic E-state index is 5.69. The fourth-order valence-electron chi connectivity index (χ4n) is 2.36. The molecule has 0 saturated heterocycles. The first-order chi connectivity index (χ1) is 7.76. The summed E-state index contributed by atoms with van der Waals surface area (Å²) in [6.07, 6.45) is 3.69. The van der Waals surface area contributed by atoms with E-state index in [1.807, 2.05) is 0 Å². The van der Waals surface area contributed by atoms with Gasteiger partial charge in [0.05, 0.1) is 0 Å². The maximum Gasteiger partial charge on any atom is 0.0401 e. The summed E-state index contributed by atoms with van der Waals surface area (Å²) in [6, 6.07) is 7.54. The molecule has 1 aromatic carbocycles. The number of benzene rings is 1. The van der Waals surface area contributed by atoms with Crippen LogP contribution in [-0.2, 0) is 6.42 Å². The van der Waals surface area contributed by atoms with Crippen molar-refractivity contribution in [3.63, 3.8) is 0 Å². The third-order valence-corrected chi connectivity index (χ3v) is 3.29. The van der Waals surface area contributed by atoms with Gasteiger partial charge in [0.1, 0.15) is 0 Å². The molecule has 0 spiro atoms. The standard InChI is InChI=1S/C14H22N2/c1-3-16(13-5-6-13)14-7-4-11(2)10-12(14)8-9-15/h4,7,10,13H,3,5-6,8-9,15H2,1-2H3. The molecule has 0 aromatic heterocycles. The number of hydrogen-bond donors (Lipinski definition) is 1. The normalized spacial score (nSPS) is 15.2. The fourth-order valence-corrected chi connectivity index (χ4v) is 2.36. The summed E-state index contributed by atoms with van der Waals surface area (Å²) in [4.78, 5) is 2.53. The summed E-state index contributed by atoms with van der Waals surface area (Å²) in [7, 11) is 0. The first kappa shape index (κ1) is 11.5. The van der Waals surface area contributed by atoms with Crippen molar-refractivity contribution in [3.8, 4) is 0 Å². The molecule has 0 radical (unpaired) electrons. The minimum Gasteiger partial charge on any atom is -0.369 e. The fraction of sp³-hybridized carbons (Fsp3) is 0.571. The Balaban J connectivity index is 2.29. The Morgan fingerprint density at radius 1 is 1.38 bits per heavy atom. The van der Waals surface area contributed by atoms with E-state index in [9.17, 15) is 0 Å². The minimum absolute atomic E-state index is 0.735. The highest BCUT2D eigenvalue weighted by molar-refractivity contribution is 5.56. The van der Waals surface area contributed by atoms with Gasteiger partial charge in [-0.25, -0.2) is 0 Å². The molecule has 0 bridgehead atoms. The summed E-state index contributed by atoms with van der Waals surface area (Å²) >= 11 is 0. The quantitative estimate of drug-likeness (QED) is 0.822. The molecule has 1 aromatic rings. The van der Waals surface area contributed by atoms with Gasteiger partial charge >= 0.3 is 0 Å². The SMILES string of the molecule is CCN(c1ccc(C)cc1CCN)C1CC1. The Hall–Kier alpha value is -1.02. The lowest BCUT2D eigenvalue weighted by Crippen LogP contribution is -2.26. The molecule has 1 saturated carbocycles. The number of rotatable bonds is 5. The van der Waals surface area contributed by atoms with E-state index in [1.54, 1.807) is 0 Å². The van der Waals surface area contributed by atoms with E-state index in [0.29, 0.717) is 0 Å². The van der Waals surface area contributed by atoms with Crippen LogP contribution in [0.25, 0.3) is 0 Å². The van der Waals surface area contributed by atoms with Crippen LogP contribution in [0.4, 0.5) is 5.69 Å². The average Bonchev–Trinajstić information content (AvgIpc) is 3.07. The molecule has 2 N–H and O–H groups in total. The third-order valence-electron chi connectivity index (χ3n) is 3.29. The smallest absolute Gasteiger partial charge is 0.0401 e. The van der Waals surface area contributed by atoms with E-state index in [-0.39, 0.29) is 0 Å². The van der Waals surface area contributed by atoms with Crippen molar-refractivity contribution in [1.29, 1.82) is 0 Å². The number of hydrogen-bond acceptors (Lipinski definition) is 2. The summed E-state index contributed by atoms with van der Waals surface area (Å²) in [5.74, 6) is 0. The molecule has 0 atom stereocenters. The second-order valence-corrected chi connectivity index (χ2v) is 4.69. The molecule has 2 rings (SSSR count). The largest absolute Gasteiger partial charge is 0.369 e. The van der Waals surface area contributed by atoms with Crippen LogP contribution in [-0.4, -0.2) is 19.1 Å². The van der Waals surface area contributed by atoms with E-state index >= 15 is 0 Å². The van der Waals surface area contributed by atoms with Gasteiger partial charge in [-0.2, -0.15) is 0 Å². The van der Waals surface area contributed by atoms with Crippen LogP contribution >= 0.6 is 0 Å². The molecule has 0 amide bonds. The molecule has 16 heavy (non-hydrogen) atoms. The molecule has 0 aliphatic heterocycles. The van der Waals surface area contributed by atoms with Gasteiger partial charge < -0.3 is 10.6 Å². The Kier molecular flexibility index (Phi) is 3.49. The predicted molar refractivity (Wildman–Crippen MR) is 70.0 cm³/mol. The van der Waals surface area contributed by atoms with Gasteiger partial charge in [0, 0.05) is 18.3 Å². The molecule has 2 heteroatoms. The van der Waals surface area contributed by atoms with Crippen LogP contribution < -0.4 is 10.6 Å². The number of aryl methyl sites for hydroxylation is 1. The molecule has 2 nitrogen and oxygen atoms in total. The Bertz CT molecular complexity index is 356. The zero-order valence-electron chi connectivity index (χ0n) is 10.4. The van der Waals surface area contributed by atoms with Gasteiger partial charge in [0.2, 0.25) is 0 Å². The van der Waals surface area contributed by atoms with Crippen LogP contribution in [0, 0.1) is 6.92 Å². The van der Waals surface area contributed by atoms with Gasteiger partial charge in [0.15, 0.2) is 0 Å². The monoisotopic (exact) mass is 218 g/mol. The van der Waals surface area contributed by atoms with E-state index < -0.39 is 0 Å². The Morgan fingerprint density at radius 2 is 2.12 bits per heavy atom. The van der Waals surface area contributed by atoms with Gasteiger partial charge in [-0.1, -0.05) is 17.7 Å². The van der Waals surface area contributed by atoms with Crippen molar-refractivity contribution in [1.82, 2.24) is 0 Å². The molecule has 1 aliphatic rings. The van der Waals surface area contributed by atoms with Crippen molar-refractivity contribution >= 4 is 5.69 Å². The number of nitrogens with two attached hydrogens (primary N) is 1. The lowest BCUT2D eigenvalue weighted by Gasteiger charge is -2.26. The zero-order valence-corrected chi connectivity index (χ0v) is 10.4. The van der Waals surface area contributed by atoms with Gasteiger partial charge in [0.25, 0.3) is 0 Å². The van der Waals surface area contributed by atoms with Crippen molar-refractivity contribution < 1.29 is 0 Å². The van der Waals surface area contributed by atoms with Crippen LogP contribution in [0.1, 0.15) is 30.9 Å². The Labute approximate surface area is 98.4 Å². The summed E-state index contributed by atoms with van der Waals surface area (Å²) in [5, 5.41) is 0. The third kappa shape index (κ3) is 2.38. The average molecular weight is 218 g/mol. The maximum atomic E-state index is 5.69. The van der Waals surface area contributed by atoms with Crippen molar-refractivity contribution in [2.75, 3.05) is 18.0 Å². The van der Waals surface area contributed by atoms with Crippen molar-refractivity contribution in [3.05, 3.63) is 29.3 Å². The summed E-state index contributed by atoms with van der Waals surface area (Å²) in [5.41, 5.74) is 9.84. The molecule has 1 fully saturated rings. The van der Waals surface area contributed by atoms with E-state index in [0.717, 1.165) is 25.6 Å². The second-order valence-electron chi connectivity index (χ2n) is 4.69. The van der Waals surface area contributed by atoms with Gasteiger partial charge in [-0.15, -0.1) is 0 Å². The molecule has 1 aliphatic carbocycles. The highest BCUT2D eigenvalue weighted by Gasteiger charge is 2.29. The van der Waals surface area contributed by atoms with Crippen molar-refractivity contribution in [2.24, 2.45) is 5.73 Å². The molecule has 0 unspecified atom stereocenters. The van der Waals surface area contributed by atoms with Crippen molar-refractivity contribution in [2.45, 2.75) is 39.2 Å². The van der Waals surface area contributed by atoms with Gasteiger partial charge in [-0.3, -0.25) is 0 Å². The van der Waals surface area contributed by atoms with Crippen LogP contribution in [0.2, 0.25) is 0 Å². The summed E-state index contributed by atoms with van der Waals surface area (Å²) in [6.45, 7) is 6.23. The van der Waals surface area contributed by atoms with Gasteiger partial charge in [-0.05, 0) is 51.3 Å². The first-order valence-electron chi connectivity index (χ1n) is 6.32. The predicted octanol–water partition coefficient (Wildman–Crippen LogP) is 2.48. The summed E-state index contributed by atoms with van der Waals surface area (Å²) < 4.78 is 0. The topological polar surface area (TPSA) is 29.3 Å². The van der Waals surface area contributed by atoms with E-state index in [1.165, 1.54) is 29.7 Å². The molecule has 0 heterocycles. The molecular formula is C14H22N2. The number of anilines is 1. The molecular weight excluding hydrogens is 196 g/mol. The lowest BCUT2D eigenvalue weighted by molar-refractivity contribution is 0.813. The highest BCUT2D eigenvalue weighted by atomic mass is 15.2. The van der Waals surface area contributed by atoms with E-state index in [4.69, 9.17) is 5.73 Å². The van der Waals surface area contributed by atoms with Crippen LogP contribution in [0.15, 0.2) is 18.2 Å². The minimum atomic E-state index is 0.735. The lowest BCUT2D eigenvalue weighted by atomic mass is 10.1. The Morgan fingerprint density at radius 3 is 2.69 bits per heavy atom. The van der Waals surface area contributed by atoms with Crippen LogP contribution in [0.5, 0.6) is 0 Å². The number of nitrogens with zero attached hydrogens (tertiary/aromatic N) is 1. The second kappa shape index (κ2) is 4.88. The van der Waals surface area contributed by atoms with Crippen LogP contribution in [0.3, 0.4) is 0 Å². The highest BCUT2D eigenvalue weighted by Crippen LogP contribution is 2.33. The molecule has 88 valence electrons.